The van der Waals surface area contributed by atoms with E-state index in [0.717, 1.165) is 11.3 Å². The fourth-order valence-electron chi connectivity index (χ4n) is 0.693. The van der Waals surface area contributed by atoms with Gasteiger partial charge >= 0.3 is 5.97 Å². The second-order valence-corrected chi connectivity index (χ2v) is 6.28. The number of hydrogen-bond donors (Lipinski definition) is 1. The molecule has 0 unspecified atom stereocenters. The summed E-state index contributed by atoms with van der Waals surface area (Å²) < 4.78 is -0.458. The Hall–Kier alpha value is -0.200. The van der Waals surface area contributed by atoms with Gasteiger partial charge in [0.05, 0.1) is 4.88 Å². The number of aromatic carboxylic acids is 1. The number of rotatable bonds is 3. The van der Waals surface area contributed by atoms with Crippen molar-refractivity contribution in [2.45, 2.75) is 3.74 Å². The van der Waals surface area contributed by atoms with Crippen LogP contribution in [0.3, 0.4) is 0 Å². The number of carbonyl (C=O) groups is 2. The maximum absolute atomic E-state index is 11.3. The Morgan fingerprint density at radius 2 is 1.85 bits per heavy atom. The highest BCUT2D eigenvalue weighted by Crippen LogP contribution is 2.22. The summed E-state index contributed by atoms with van der Waals surface area (Å²) >= 11 is 7.07. The maximum atomic E-state index is 11.3. The molecule has 0 aliphatic heterocycles. The van der Waals surface area contributed by atoms with Crippen LogP contribution in [-0.2, 0) is 0 Å². The lowest BCUT2D eigenvalue weighted by Gasteiger charge is -1.95. The van der Waals surface area contributed by atoms with Crippen LogP contribution in [0, 0.1) is 0 Å². The third kappa shape index (κ3) is 2.62. The van der Waals surface area contributed by atoms with Crippen LogP contribution in [0.2, 0.25) is 0 Å². The largest absolute Gasteiger partial charge is 0.477 e. The van der Waals surface area contributed by atoms with Crippen LogP contribution in [0.15, 0.2) is 12.1 Å². The quantitative estimate of drug-likeness (QED) is 0.686. The lowest BCUT2D eigenvalue weighted by atomic mass is 10.3. The summed E-state index contributed by atoms with van der Waals surface area (Å²) in [5, 5.41) is 8.59. The minimum absolute atomic E-state index is 0.169. The van der Waals surface area contributed by atoms with Crippen molar-refractivity contribution in [1.82, 2.24) is 0 Å². The summed E-state index contributed by atoms with van der Waals surface area (Å²) in [5.74, 6) is -1.18. The molecule has 13 heavy (non-hydrogen) atoms. The Balaban J connectivity index is 2.92. The molecule has 1 heterocycles. The Morgan fingerprint density at radius 1 is 1.31 bits per heavy atom. The summed E-state index contributed by atoms with van der Waals surface area (Å²) in [5.41, 5.74) is 0. The van der Waals surface area contributed by atoms with E-state index >= 15 is 0 Å². The molecular weight excluding hydrogens is 324 g/mol. The van der Waals surface area contributed by atoms with E-state index in [1.165, 1.54) is 12.1 Å². The molecule has 1 aromatic heterocycles. The Bertz CT molecular complexity index is 345. The van der Waals surface area contributed by atoms with Gasteiger partial charge in [0, 0.05) is 0 Å². The molecule has 0 spiro atoms. The Labute approximate surface area is 95.0 Å². The van der Waals surface area contributed by atoms with Crippen LogP contribution >= 0.6 is 43.2 Å². The zero-order chi connectivity index (χ0) is 10.0. The predicted octanol–water partition coefficient (Wildman–Crippen LogP) is 2.74. The molecule has 0 aliphatic rings. The van der Waals surface area contributed by atoms with Gasteiger partial charge in [-0.1, -0.05) is 31.9 Å². The van der Waals surface area contributed by atoms with Crippen LogP contribution < -0.4 is 0 Å². The van der Waals surface area contributed by atoms with E-state index in [9.17, 15) is 9.59 Å². The zero-order valence-corrected chi connectivity index (χ0v) is 10.1. The number of carboxylic acid groups (broad SMARTS) is 1. The van der Waals surface area contributed by atoms with Gasteiger partial charge in [-0.05, 0) is 12.1 Å². The van der Waals surface area contributed by atoms with Crippen molar-refractivity contribution in [2.75, 3.05) is 0 Å². The molecule has 0 radical (unpaired) electrons. The van der Waals surface area contributed by atoms with Gasteiger partial charge in [0.2, 0.25) is 0 Å². The van der Waals surface area contributed by atoms with Gasteiger partial charge in [-0.3, -0.25) is 4.79 Å². The molecule has 0 aliphatic carbocycles. The first-order chi connectivity index (χ1) is 6.02. The highest BCUT2D eigenvalue weighted by Gasteiger charge is 2.17. The van der Waals surface area contributed by atoms with Gasteiger partial charge in [-0.25, -0.2) is 4.79 Å². The molecule has 6 heteroatoms. The summed E-state index contributed by atoms with van der Waals surface area (Å²) in [6.07, 6.45) is 0. The lowest BCUT2D eigenvalue weighted by molar-refractivity contribution is 0.0702. The number of carbonyl (C=O) groups excluding carboxylic acids is 1. The van der Waals surface area contributed by atoms with Crippen LogP contribution in [0.1, 0.15) is 19.3 Å². The second-order valence-electron chi connectivity index (χ2n) is 2.13. The van der Waals surface area contributed by atoms with Crippen LogP contribution in [0.5, 0.6) is 0 Å². The number of hydrogen-bond acceptors (Lipinski definition) is 3. The molecule has 1 aromatic rings. The van der Waals surface area contributed by atoms with Crippen molar-refractivity contribution in [3.63, 3.8) is 0 Å². The molecule has 0 amide bonds. The number of alkyl halides is 2. The average molecular weight is 328 g/mol. The highest BCUT2D eigenvalue weighted by atomic mass is 79.9. The minimum atomic E-state index is -1.01. The first-order valence-electron chi connectivity index (χ1n) is 3.18. The number of Topliss-reactive ketones (excluding diaryl/α,β-unsaturated/α-hetero) is 1. The van der Waals surface area contributed by atoms with Crippen LogP contribution in [0.25, 0.3) is 0 Å². The summed E-state index contributed by atoms with van der Waals surface area (Å²) in [6, 6.07) is 2.93. The molecule has 0 fully saturated rings. The topological polar surface area (TPSA) is 54.4 Å². The van der Waals surface area contributed by atoms with Gasteiger partial charge < -0.3 is 5.11 Å². The number of carboxylic acids is 1. The van der Waals surface area contributed by atoms with Crippen molar-refractivity contribution in [3.8, 4) is 0 Å². The number of ketones is 1. The van der Waals surface area contributed by atoms with E-state index < -0.39 is 9.71 Å². The standard InChI is InChI=1S/C7H4Br2O3S/c8-6(9)5(10)3-1-2-4(13-3)7(11)12/h1-2,6H,(H,11,12). The molecule has 0 aromatic carbocycles. The lowest BCUT2D eigenvalue weighted by Crippen LogP contribution is -2.04. The van der Waals surface area contributed by atoms with Crippen LogP contribution in [0.4, 0.5) is 0 Å². The zero-order valence-electron chi connectivity index (χ0n) is 6.16. The first kappa shape index (κ1) is 10.9. The molecular formula is C7H4Br2O3S. The summed E-state index contributed by atoms with van der Waals surface area (Å²) in [4.78, 5) is 22.4. The number of thiophene rings is 1. The molecule has 70 valence electrons. The fraction of sp³-hybridized carbons (Fsp3) is 0.143. The van der Waals surface area contributed by atoms with Gasteiger partial charge in [0.1, 0.15) is 8.61 Å². The third-order valence-electron chi connectivity index (χ3n) is 1.26. The van der Waals surface area contributed by atoms with E-state index in [1.807, 2.05) is 0 Å². The molecule has 3 nitrogen and oxygen atoms in total. The maximum Gasteiger partial charge on any atom is 0.345 e. The molecule has 1 rings (SSSR count). The smallest absolute Gasteiger partial charge is 0.345 e. The normalized spacial score (nSPS) is 10.4. The Morgan fingerprint density at radius 3 is 2.23 bits per heavy atom. The van der Waals surface area contributed by atoms with E-state index in [1.54, 1.807) is 0 Å². The van der Waals surface area contributed by atoms with Crippen molar-refractivity contribution < 1.29 is 14.7 Å². The average Bonchev–Trinajstić information content (AvgIpc) is 2.50. The van der Waals surface area contributed by atoms with Gasteiger partial charge in [-0.15, -0.1) is 11.3 Å². The third-order valence-corrected chi connectivity index (χ3v) is 3.18. The van der Waals surface area contributed by atoms with Gasteiger partial charge in [0.15, 0.2) is 5.78 Å². The molecule has 0 saturated heterocycles. The van der Waals surface area contributed by atoms with Gasteiger partial charge in [-0.2, -0.15) is 0 Å². The van der Waals surface area contributed by atoms with E-state index in [2.05, 4.69) is 31.9 Å². The first-order valence-corrected chi connectivity index (χ1v) is 5.82. The fourth-order valence-corrected chi connectivity index (χ4v) is 2.30. The second kappa shape index (κ2) is 4.34. The predicted molar refractivity (Wildman–Crippen MR) is 57.3 cm³/mol. The van der Waals surface area contributed by atoms with Crippen molar-refractivity contribution in [2.24, 2.45) is 0 Å². The molecule has 0 atom stereocenters. The van der Waals surface area contributed by atoms with Gasteiger partial charge in [0.25, 0.3) is 0 Å². The molecule has 0 bridgehead atoms. The summed E-state index contributed by atoms with van der Waals surface area (Å²) in [7, 11) is 0. The SMILES string of the molecule is O=C(O)c1ccc(C(=O)C(Br)Br)s1. The monoisotopic (exact) mass is 326 g/mol. The van der Waals surface area contributed by atoms with Crippen molar-refractivity contribution in [3.05, 3.63) is 21.9 Å². The minimum Gasteiger partial charge on any atom is -0.477 e. The number of halogens is 2. The molecule has 0 saturated carbocycles. The van der Waals surface area contributed by atoms with E-state index in [-0.39, 0.29) is 10.7 Å². The van der Waals surface area contributed by atoms with E-state index in [0.29, 0.717) is 4.88 Å². The van der Waals surface area contributed by atoms with Crippen molar-refractivity contribution >= 4 is 54.9 Å². The summed E-state index contributed by atoms with van der Waals surface area (Å²) in [6.45, 7) is 0. The highest BCUT2D eigenvalue weighted by molar-refractivity contribution is 9.25. The van der Waals surface area contributed by atoms with E-state index in [4.69, 9.17) is 5.11 Å². The molecule has 1 N–H and O–H groups in total. The van der Waals surface area contributed by atoms with Crippen molar-refractivity contribution in [1.29, 1.82) is 0 Å². The van der Waals surface area contributed by atoms with Crippen LogP contribution in [-0.4, -0.2) is 20.6 Å². The Kier molecular flexibility index (Phi) is 3.63.